The van der Waals surface area contributed by atoms with Crippen LogP contribution in [0.3, 0.4) is 0 Å². The van der Waals surface area contributed by atoms with E-state index in [1.165, 1.54) is 0 Å². The van der Waals surface area contributed by atoms with Gasteiger partial charge in [-0.3, -0.25) is 0 Å². The molecule has 0 bridgehead atoms. The first-order valence-electron chi connectivity index (χ1n) is 0. The summed E-state index contributed by atoms with van der Waals surface area (Å²) in [6.45, 7) is 0. The maximum absolute atomic E-state index is 0. The molecule has 0 amide bonds. The Balaban J connectivity index is 0. The Morgan fingerprint density at radius 3 is 0.400 bits per heavy atom. The van der Waals surface area contributed by atoms with E-state index in [0.717, 1.165) is 0 Å². The average molecular weight is 703 g/mol. The van der Waals surface area contributed by atoms with E-state index >= 15 is 0 Å². The molecule has 0 aromatic heterocycles. The van der Waals surface area contributed by atoms with Gasteiger partial charge in [-0.1, -0.05) is 0 Å². The third-order valence-corrected chi connectivity index (χ3v) is 0. The maximum Gasteiger partial charge on any atom is 4.00 e. The van der Waals surface area contributed by atoms with E-state index in [4.69, 9.17) is 0 Å². The number of rotatable bonds is 0. The van der Waals surface area contributed by atoms with Crippen LogP contribution in [0.4, 0.5) is 0 Å². The molecule has 0 unspecified atom stereocenters. The van der Waals surface area contributed by atoms with Crippen LogP contribution in [0.15, 0.2) is 0 Å². The maximum atomic E-state index is 0. The molecule has 0 rings (SSSR count). The minimum atomic E-state index is 0. The van der Waals surface area contributed by atoms with Crippen LogP contribution in [-0.2, 0) is 21.1 Å². The van der Waals surface area contributed by atoms with Crippen molar-refractivity contribution in [3.63, 3.8) is 0 Å². The normalized spacial score (nSPS) is 0. The summed E-state index contributed by atoms with van der Waals surface area (Å²) in [7, 11) is 0. The van der Waals surface area contributed by atoms with Crippen LogP contribution in [-0.4, -0.2) is 0 Å². The molecule has 0 heterocycles. The Hall–Kier alpha value is 3.61. The quantitative estimate of drug-likeness (QED) is 0.221. The molecule has 5 heteroatoms. The molecule has 0 saturated carbocycles. The first-order valence-corrected chi connectivity index (χ1v) is 0. The van der Waals surface area contributed by atoms with E-state index in [1.807, 2.05) is 0 Å². The summed E-state index contributed by atoms with van der Waals surface area (Å²) in [6.07, 6.45) is 0. The monoisotopic (exact) mass is 703 g/mol. The molecule has 0 aromatic rings. The minimum absolute atomic E-state index is 0. The summed E-state index contributed by atoms with van der Waals surface area (Å²) < 4.78 is 0. The third-order valence-electron chi connectivity index (χ3n) is 0. The summed E-state index contributed by atoms with van der Waals surface area (Å²) in [4.78, 5) is 0. The second-order valence-electron chi connectivity index (χ2n) is 0. The molecule has 38 valence electrons. The van der Waals surface area contributed by atoms with Crippen molar-refractivity contribution >= 4 is 0 Å². The van der Waals surface area contributed by atoms with Crippen molar-refractivity contribution in [3.05, 3.63) is 0 Å². The summed E-state index contributed by atoms with van der Waals surface area (Å²) in [5, 5.41) is 0. The van der Waals surface area contributed by atoms with Gasteiger partial charge in [0.1, 0.15) is 0 Å². The molecule has 0 aliphatic rings. The predicted molar refractivity (Wildman–Crippen MR) is 0 cm³/mol. The van der Waals surface area contributed by atoms with Gasteiger partial charge in [-0.05, 0) is 0 Å². The summed E-state index contributed by atoms with van der Waals surface area (Å²) in [6, 6.07) is 0. The van der Waals surface area contributed by atoms with Crippen LogP contribution in [0.25, 0.3) is 0 Å². The Morgan fingerprint density at radius 2 is 0.400 bits per heavy atom. The fraction of sp³-hybridized carbons (Fsp3) is 0. The Kier molecular flexibility index (Phi) is 195. The van der Waals surface area contributed by atoms with Gasteiger partial charge >= 0.3 is 21.1 Å². The number of hydrogen-bond acceptors (Lipinski definition) is 0. The zero-order chi connectivity index (χ0) is 0. The fourth-order valence-electron chi connectivity index (χ4n) is 0. The van der Waals surface area contributed by atoms with Crippen molar-refractivity contribution < 1.29 is 117 Å². The standard InChI is InChI=1S/4HI.Pt/h4*1H;/q;;;;+4/p-4. The van der Waals surface area contributed by atoms with Crippen molar-refractivity contribution in [1.29, 1.82) is 0 Å². The van der Waals surface area contributed by atoms with Gasteiger partial charge in [-0.2, -0.15) is 0 Å². The van der Waals surface area contributed by atoms with Crippen LogP contribution in [0.2, 0.25) is 0 Å². The second-order valence-corrected chi connectivity index (χ2v) is 0. The molecular weight excluding hydrogens is 703 g/mol. The molecular formula is I4Pt. The Bertz CT molecular complexity index is 3.61. The average Bonchev–Trinajstić information content (AvgIpc) is 0. The summed E-state index contributed by atoms with van der Waals surface area (Å²) in [5.41, 5.74) is 0. The molecule has 0 spiro atoms. The van der Waals surface area contributed by atoms with Crippen molar-refractivity contribution in [2.24, 2.45) is 0 Å². The zero-order valence-electron chi connectivity index (χ0n) is 1.83. The van der Waals surface area contributed by atoms with E-state index < -0.39 is 0 Å². The Morgan fingerprint density at radius 1 is 0.400 bits per heavy atom. The van der Waals surface area contributed by atoms with E-state index in [2.05, 4.69) is 0 Å². The topological polar surface area (TPSA) is 0 Å². The van der Waals surface area contributed by atoms with Crippen LogP contribution in [0.1, 0.15) is 0 Å². The molecule has 0 nitrogen and oxygen atoms in total. The van der Waals surface area contributed by atoms with E-state index in [0.29, 0.717) is 0 Å². The largest absolute Gasteiger partial charge is 4.00 e. The molecule has 0 aromatic carbocycles. The van der Waals surface area contributed by atoms with Gasteiger partial charge in [0, 0.05) is 0 Å². The molecule has 5 heavy (non-hydrogen) atoms. The third kappa shape index (κ3) is 18.4. The van der Waals surface area contributed by atoms with Crippen molar-refractivity contribution in [3.8, 4) is 0 Å². The van der Waals surface area contributed by atoms with Crippen molar-refractivity contribution in [2.45, 2.75) is 0 Å². The number of hydrogen-bond donors (Lipinski definition) is 0. The molecule has 0 radical (unpaired) electrons. The molecule has 0 saturated heterocycles. The molecule has 0 fully saturated rings. The van der Waals surface area contributed by atoms with Gasteiger partial charge < -0.3 is 95.9 Å². The first kappa shape index (κ1) is 38.3. The van der Waals surface area contributed by atoms with Gasteiger partial charge in [0.25, 0.3) is 0 Å². The predicted octanol–water partition coefficient (Wildman–Crippen LogP) is -12.0. The SMILES string of the molecule is [I-].[I-].[I-].[I-].[Pt+4]. The van der Waals surface area contributed by atoms with Gasteiger partial charge in [0.05, 0.1) is 0 Å². The van der Waals surface area contributed by atoms with Crippen molar-refractivity contribution in [1.82, 2.24) is 0 Å². The second kappa shape index (κ2) is 25.5. The van der Waals surface area contributed by atoms with Crippen LogP contribution < -0.4 is 95.9 Å². The van der Waals surface area contributed by atoms with Gasteiger partial charge in [0.15, 0.2) is 0 Å². The van der Waals surface area contributed by atoms with Gasteiger partial charge in [-0.25, -0.2) is 0 Å². The van der Waals surface area contributed by atoms with Gasteiger partial charge in [-0.15, -0.1) is 0 Å². The first-order chi connectivity index (χ1) is 0. The van der Waals surface area contributed by atoms with Crippen LogP contribution in [0, 0.1) is 0 Å². The van der Waals surface area contributed by atoms with Gasteiger partial charge in [0.2, 0.25) is 0 Å². The summed E-state index contributed by atoms with van der Waals surface area (Å²) >= 11 is 0. The molecule has 0 aliphatic carbocycles. The van der Waals surface area contributed by atoms with Crippen LogP contribution in [0.5, 0.6) is 0 Å². The van der Waals surface area contributed by atoms with E-state index in [1.54, 1.807) is 0 Å². The van der Waals surface area contributed by atoms with Crippen molar-refractivity contribution in [2.75, 3.05) is 0 Å². The minimum Gasteiger partial charge on any atom is -1.00 e. The fourth-order valence-corrected chi connectivity index (χ4v) is 0. The molecule has 0 atom stereocenters. The Labute approximate surface area is 114 Å². The number of halogens is 4. The molecule has 0 aliphatic heterocycles. The summed E-state index contributed by atoms with van der Waals surface area (Å²) in [5.74, 6) is 0. The van der Waals surface area contributed by atoms with E-state index in [-0.39, 0.29) is 117 Å². The van der Waals surface area contributed by atoms with E-state index in [9.17, 15) is 0 Å². The zero-order valence-corrected chi connectivity index (χ0v) is 12.7. The molecule has 0 N–H and O–H groups in total. The smallest absolute Gasteiger partial charge is 1.00 e. The van der Waals surface area contributed by atoms with Crippen LogP contribution >= 0.6 is 0 Å².